The van der Waals surface area contributed by atoms with Crippen LogP contribution in [0, 0.1) is 5.41 Å². The second-order valence-corrected chi connectivity index (χ2v) is 8.08. The Hall–Kier alpha value is -2.17. The van der Waals surface area contributed by atoms with E-state index in [9.17, 15) is 4.79 Å². The molecule has 1 heterocycles. The van der Waals surface area contributed by atoms with Gasteiger partial charge in [-0.3, -0.25) is 9.69 Å². The summed E-state index contributed by atoms with van der Waals surface area (Å²) in [6.45, 7) is 10.4. The first kappa shape index (κ1) is 20.6. The minimum absolute atomic E-state index is 0.0484. The van der Waals surface area contributed by atoms with Crippen LogP contribution >= 0.6 is 0 Å². The van der Waals surface area contributed by atoms with Crippen LogP contribution in [0.3, 0.4) is 0 Å². The number of esters is 1. The van der Waals surface area contributed by atoms with E-state index in [-0.39, 0.29) is 12.0 Å². The highest BCUT2D eigenvalue weighted by molar-refractivity contribution is 5.78. The molecule has 0 amide bonds. The quantitative estimate of drug-likeness (QED) is 0.476. The van der Waals surface area contributed by atoms with Crippen molar-refractivity contribution in [2.45, 2.75) is 52.4 Å². The Bertz CT molecular complexity index is 727. The molecule has 4 nitrogen and oxygen atoms in total. The van der Waals surface area contributed by atoms with Gasteiger partial charge in [0.25, 0.3) is 0 Å². The zero-order chi connectivity index (χ0) is 20.2. The first-order valence-corrected chi connectivity index (χ1v) is 10.0. The van der Waals surface area contributed by atoms with Crippen LogP contribution in [-0.4, -0.2) is 35.7 Å². The van der Waals surface area contributed by atoms with E-state index < -0.39 is 11.0 Å². The summed E-state index contributed by atoms with van der Waals surface area (Å²) in [7, 11) is 0. The molecule has 2 atom stereocenters. The Morgan fingerprint density at radius 2 is 1.54 bits per heavy atom. The minimum atomic E-state index is -0.714. The van der Waals surface area contributed by atoms with Crippen molar-refractivity contribution in [3.05, 3.63) is 71.8 Å². The van der Waals surface area contributed by atoms with Crippen LogP contribution in [0.4, 0.5) is 0 Å². The van der Waals surface area contributed by atoms with Crippen LogP contribution in [0.1, 0.15) is 38.8 Å². The molecule has 1 saturated heterocycles. The van der Waals surface area contributed by atoms with Gasteiger partial charge in [-0.25, -0.2) is 0 Å². The Kier molecular flexibility index (Phi) is 6.21. The van der Waals surface area contributed by atoms with Gasteiger partial charge in [0.15, 0.2) is 0 Å². The van der Waals surface area contributed by atoms with E-state index in [1.54, 1.807) is 0 Å². The smallest absolute Gasteiger partial charge is 0.314 e. The van der Waals surface area contributed by atoms with E-state index in [0.29, 0.717) is 13.2 Å². The molecule has 3 rings (SSSR count). The summed E-state index contributed by atoms with van der Waals surface area (Å²) in [4.78, 5) is 15.1. The predicted molar refractivity (Wildman–Crippen MR) is 111 cm³/mol. The highest BCUT2D eigenvalue weighted by Gasteiger charge is 2.65. The maximum Gasteiger partial charge on any atom is 0.314 e. The van der Waals surface area contributed by atoms with E-state index in [1.165, 1.54) is 11.1 Å². The third-order valence-electron chi connectivity index (χ3n) is 5.98. The lowest BCUT2D eigenvalue weighted by molar-refractivity contribution is -0.159. The van der Waals surface area contributed by atoms with Gasteiger partial charge in [0, 0.05) is 19.1 Å². The van der Waals surface area contributed by atoms with Gasteiger partial charge in [0.05, 0.1) is 18.6 Å². The lowest BCUT2D eigenvalue weighted by Gasteiger charge is -2.40. The molecule has 2 aromatic carbocycles. The third kappa shape index (κ3) is 4.13. The predicted octanol–water partition coefficient (Wildman–Crippen LogP) is 4.44. The zero-order valence-corrected chi connectivity index (χ0v) is 17.4. The highest BCUT2D eigenvalue weighted by Crippen LogP contribution is 2.49. The molecule has 1 aliphatic rings. The summed E-state index contributed by atoms with van der Waals surface area (Å²) in [5, 5.41) is 0. The number of carbonyl (C=O) groups excluding carboxylic acids is 1. The first-order valence-electron chi connectivity index (χ1n) is 10.0. The molecule has 4 heteroatoms. The molecule has 0 radical (unpaired) electrons. The second kappa shape index (κ2) is 8.46. The number of carbonyl (C=O) groups is 1. The highest BCUT2D eigenvalue weighted by atomic mass is 16.6. The summed E-state index contributed by atoms with van der Waals surface area (Å²) >= 11 is 0. The van der Waals surface area contributed by atoms with E-state index >= 15 is 0 Å². The monoisotopic (exact) mass is 381 g/mol. The molecule has 150 valence electrons. The Labute approximate surface area is 168 Å². The number of ether oxygens (including phenoxy) is 2. The van der Waals surface area contributed by atoms with Crippen molar-refractivity contribution in [1.82, 2.24) is 4.90 Å². The molecule has 0 aromatic heterocycles. The van der Waals surface area contributed by atoms with Crippen LogP contribution in [0.25, 0.3) is 0 Å². The molecule has 1 fully saturated rings. The maximum absolute atomic E-state index is 12.7. The lowest BCUT2D eigenvalue weighted by atomic mass is 9.74. The van der Waals surface area contributed by atoms with Crippen LogP contribution in [0.2, 0.25) is 0 Å². The maximum atomic E-state index is 12.7. The Morgan fingerprint density at radius 3 is 1.93 bits per heavy atom. The molecule has 1 aliphatic heterocycles. The van der Waals surface area contributed by atoms with Crippen molar-refractivity contribution in [3.63, 3.8) is 0 Å². The molecule has 28 heavy (non-hydrogen) atoms. The van der Waals surface area contributed by atoms with Crippen LogP contribution in [0.5, 0.6) is 0 Å². The molecule has 0 aliphatic carbocycles. The molecule has 0 saturated carbocycles. The second-order valence-electron chi connectivity index (χ2n) is 8.08. The summed E-state index contributed by atoms with van der Waals surface area (Å²) in [5.41, 5.74) is 1.24. The summed E-state index contributed by atoms with van der Waals surface area (Å²) in [6, 6.07) is 20.9. The van der Waals surface area contributed by atoms with Crippen molar-refractivity contribution in [2.24, 2.45) is 5.41 Å². The van der Waals surface area contributed by atoms with E-state index in [2.05, 4.69) is 60.4 Å². The third-order valence-corrected chi connectivity index (χ3v) is 5.98. The molecule has 0 N–H and O–H groups in total. The fraction of sp³-hybridized carbons (Fsp3) is 0.458. The largest absolute Gasteiger partial charge is 0.465 e. The van der Waals surface area contributed by atoms with Gasteiger partial charge in [-0.15, -0.1) is 0 Å². The number of benzene rings is 2. The van der Waals surface area contributed by atoms with Gasteiger partial charge in [-0.1, -0.05) is 60.7 Å². The number of epoxide rings is 1. The normalized spacial score (nSPS) is 20.0. The van der Waals surface area contributed by atoms with Gasteiger partial charge in [0.1, 0.15) is 5.60 Å². The van der Waals surface area contributed by atoms with Gasteiger partial charge in [-0.05, 0) is 38.8 Å². The topological polar surface area (TPSA) is 42.1 Å². The zero-order valence-electron chi connectivity index (χ0n) is 17.4. The Morgan fingerprint density at radius 1 is 1.07 bits per heavy atom. The standard InChI is InChI=1S/C24H31NO3/c1-5-27-22(26)23(3,4)24(18-28-24)19(2)25(16-20-12-8-6-9-13-20)17-21-14-10-7-11-15-21/h6-15,19H,5,16-18H2,1-4H3/t19-,24-/m0/s1. The molecular formula is C24H31NO3. The van der Waals surface area contributed by atoms with Crippen molar-refractivity contribution < 1.29 is 14.3 Å². The minimum Gasteiger partial charge on any atom is -0.465 e. The van der Waals surface area contributed by atoms with Crippen molar-refractivity contribution in [3.8, 4) is 0 Å². The first-order chi connectivity index (χ1) is 13.4. The van der Waals surface area contributed by atoms with E-state index in [1.807, 2.05) is 32.9 Å². The average Bonchev–Trinajstić information content (AvgIpc) is 3.51. The summed E-state index contributed by atoms with van der Waals surface area (Å²) < 4.78 is 11.4. The molecule has 0 unspecified atom stereocenters. The number of rotatable bonds is 9. The lowest BCUT2D eigenvalue weighted by Crippen LogP contribution is -2.54. The number of nitrogens with zero attached hydrogens (tertiary/aromatic N) is 1. The van der Waals surface area contributed by atoms with Crippen molar-refractivity contribution in [1.29, 1.82) is 0 Å². The number of hydrogen-bond acceptors (Lipinski definition) is 4. The van der Waals surface area contributed by atoms with Crippen molar-refractivity contribution in [2.75, 3.05) is 13.2 Å². The van der Waals surface area contributed by atoms with E-state index in [4.69, 9.17) is 9.47 Å². The van der Waals surface area contributed by atoms with Gasteiger partial charge >= 0.3 is 5.97 Å². The molecule has 2 aromatic rings. The average molecular weight is 382 g/mol. The number of hydrogen-bond donors (Lipinski definition) is 0. The van der Waals surface area contributed by atoms with Crippen LogP contribution in [-0.2, 0) is 27.4 Å². The van der Waals surface area contributed by atoms with Crippen LogP contribution in [0.15, 0.2) is 60.7 Å². The molecule has 0 spiro atoms. The van der Waals surface area contributed by atoms with E-state index in [0.717, 1.165) is 13.1 Å². The Balaban J connectivity index is 1.87. The summed E-state index contributed by atoms with van der Waals surface area (Å²) in [6.07, 6.45) is 0. The molecular weight excluding hydrogens is 350 g/mol. The van der Waals surface area contributed by atoms with Crippen LogP contribution < -0.4 is 0 Å². The molecule has 0 bridgehead atoms. The SMILES string of the molecule is CCOC(=O)C(C)(C)[C@@]1([C@H](C)N(Cc2ccccc2)Cc2ccccc2)CO1. The summed E-state index contributed by atoms with van der Waals surface area (Å²) in [5.74, 6) is -0.196. The van der Waals surface area contributed by atoms with Gasteiger partial charge < -0.3 is 9.47 Å². The van der Waals surface area contributed by atoms with Gasteiger partial charge in [-0.2, -0.15) is 0 Å². The fourth-order valence-corrected chi connectivity index (χ4v) is 3.95. The fourth-order valence-electron chi connectivity index (χ4n) is 3.95. The van der Waals surface area contributed by atoms with Crippen molar-refractivity contribution >= 4 is 5.97 Å². The van der Waals surface area contributed by atoms with Gasteiger partial charge in [0.2, 0.25) is 0 Å².